The van der Waals surface area contributed by atoms with E-state index in [1.54, 1.807) is 12.1 Å². The molecule has 5 nitrogen and oxygen atoms in total. The minimum Gasteiger partial charge on any atom is -0.497 e. The van der Waals surface area contributed by atoms with Gasteiger partial charge in [-0.2, -0.15) is 5.10 Å². The lowest BCUT2D eigenvalue weighted by Gasteiger charge is -2.22. The number of carbonyl (C=O) groups is 1. The fourth-order valence-corrected chi connectivity index (χ4v) is 3.55. The minimum absolute atomic E-state index is 0.0678. The third-order valence-corrected chi connectivity index (χ3v) is 5.13. The van der Waals surface area contributed by atoms with Crippen molar-refractivity contribution >= 4 is 11.6 Å². The van der Waals surface area contributed by atoms with Crippen LogP contribution in [0.15, 0.2) is 84.0 Å². The molecule has 3 aromatic rings. The van der Waals surface area contributed by atoms with E-state index in [0.717, 1.165) is 28.2 Å². The summed E-state index contributed by atoms with van der Waals surface area (Å²) in [5, 5.41) is 6.23. The lowest BCUT2D eigenvalue weighted by atomic mass is 9.98. The van der Waals surface area contributed by atoms with Crippen molar-refractivity contribution in [1.82, 2.24) is 5.01 Å². The monoisotopic (exact) mass is 400 g/mol. The second-order valence-electron chi connectivity index (χ2n) is 7.25. The summed E-state index contributed by atoms with van der Waals surface area (Å²) < 4.78 is 11.0. The van der Waals surface area contributed by atoms with Gasteiger partial charge < -0.3 is 9.47 Å². The molecule has 1 heterocycles. The predicted octanol–water partition coefficient (Wildman–Crippen LogP) is 4.76. The number of hydrazone groups is 1. The molecule has 1 aliphatic heterocycles. The minimum atomic E-state index is -0.181. The fourth-order valence-electron chi connectivity index (χ4n) is 3.55. The molecule has 0 spiro atoms. The molecular weight excluding hydrogens is 376 g/mol. The van der Waals surface area contributed by atoms with Crippen LogP contribution in [0.4, 0.5) is 0 Å². The van der Waals surface area contributed by atoms with Gasteiger partial charge >= 0.3 is 0 Å². The Kier molecular flexibility index (Phi) is 5.80. The number of methoxy groups -OCH3 is 1. The van der Waals surface area contributed by atoms with Gasteiger partial charge in [-0.3, -0.25) is 4.79 Å². The maximum absolute atomic E-state index is 13.1. The molecule has 1 amide bonds. The van der Waals surface area contributed by atoms with E-state index in [2.05, 4.69) is 5.10 Å². The van der Waals surface area contributed by atoms with Crippen molar-refractivity contribution < 1.29 is 14.3 Å². The smallest absolute Gasteiger partial charge is 0.281 e. The Morgan fingerprint density at radius 3 is 2.47 bits per heavy atom. The highest BCUT2D eigenvalue weighted by molar-refractivity contribution is 6.03. The Hall–Kier alpha value is -3.60. The maximum atomic E-state index is 13.1. The lowest BCUT2D eigenvalue weighted by Crippen LogP contribution is -2.31. The Balaban J connectivity index is 1.57. The normalized spacial score (nSPS) is 15.6. The van der Waals surface area contributed by atoms with Gasteiger partial charge in [0.1, 0.15) is 11.5 Å². The van der Waals surface area contributed by atoms with Crippen molar-refractivity contribution in [3.63, 3.8) is 0 Å². The zero-order valence-electron chi connectivity index (χ0n) is 17.1. The molecule has 0 aliphatic carbocycles. The molecule has 0 radical (unpaired) electrons. The number of rotatable bonds is 6. The number of benzene rings is 3. The van der Waals surface area contributed by atoms with E-state index < -0.39 is 0 Å². The molecule has 5 heteroatoms. The van der Waals surface area contributed by atoms with Crippen molar-refractivity contribution in [2.45, 2.75) is 19.4 Å². The van der Waals surface area contributed by atoms with Crippen molar-refractivity contribution in [3.8, 4) is 11.5 Å². The summed E-state index contributed by atoms with van der Waals surface area (Å²) in [7, 11) is 1.64. The van der Waals surface area contributed by atoms with Crippen molar-refractivity contribution in [2.24, 2.45) is 5.10 Å². The molecule has 0 bridgehead atoms. The van der Waals surface area contributed by atoms with Gasteiger partial charge in [0, 0.05) is 6.42 Å². The van der Waals surface area contributed by atoms with E-state index in [-0.39, 0.29) is 18.6 Å². The van der Waals surface area contributed by atoms with E-state index >= 15 is 0 Å². The molecule has 0 fully saturated rings. The SMILES string of the molecule is COc1ccc(C2CC(c3ccccc3)=NN2C(=O)COc2cccc(C)c2)cc1. The zero-order valence-corrected chi connectivity index (χ0v) is 17.1. The van der Waals surface area contributed by atoms with Crippen LogP contribution in [0.2, 0.25) is 0 Å². The van der Waals surface area contributed by atoms with Crippen LogP contribution in [-0.4, -0.2) is 30.3 Å². The van der Waals surface area contributed by atoms with Gasteiger partial charge in [-0.15, -0.1) is 0 Å². The summed E-state index contributed by atoms with van der Waals surface area (Å²) in [4.78, 5) is 13.1. The van der Waals surface area contributed by atoms with Crippen LogP contribution in [0, 0.1) is 6.92 Å². The Morgan fingerprint density at radius 2 is 1.77 bits per heavy atom. The maximum Gasteiger partial charge on any atom is 0.281 e. The number of ether oxygens (including phenoxy) is 2. The highest BCUT2D eigenvalue weighted by Crippen LogP contribution is 2.33. The predicted molar refractivity (Wildman–Crippen MR) is 117 cm³/mol. The molecular formula is C25H24N2O3. The molecule has 3 aromatic carbocycles. The van der Waals surface area contributed by atoms with Crippen LogP contribution in [0.1, 0.15) is 29.2 Å². The van der Waals surface area contributed by atoms with E-state index in [4.69, 9.17) is 9.47 Å². The molecule has 0 saturated carbocycles. The fraction of sp³-hybridized carbons (Fsp3) is 0.200. The van der Waals surface area contributed by atoms with Crippen LogP contribution < -0.4 is 9.47 Å². The molecule has 1 aliphatic rings. The number of amides is 1. The Labute approximate surface area is 176 Å². The largest absolute Gasteiger partial charge is 0.497 e. The summed E-state index contributed by atoms with van der Waals surface area (Å²) in [5.74, 6) is 1.28. The van der Waals surface area contributed by atoms with E-state index in [1.807, 2.05) is 85.8 Å². The average molecular weight is 400 g/mol. The van der Waals surface area contributed by atoms with Gasteiger partial charge in [0.25, 0.3) is 5.91 Å². The van der Waals surface area contributed by atoms with Crippen LogP contribution >= 0.6 is 0 Å². The first-order valence-electron chi connectivity index (χ1n) is 9.92. The number of nitrogens with zero attached hydrogens (tertiary/aromatic N) is 2. The molecule has 0 N–H and O–H groups in total. The van der Waals surface area contributed by atoms with Crippen LogP contribution in [-0.2, 0) is 4.79 Å². The van der Waals surface area contributed by atoms with Gasteiger partial charge in [-0.1, -0.05) is 54.6 Å². The summed E-state index contributed by atoms with van der Waals surface area (Å²) in [5.41, 5.74) is 4.00. The van der Waals surface area contributed by atoms with Crippen molar-refractivity contribution in [1.29, 1.82) is 0 Å². The number of hydrogen-bond donors (Lipinski definition) is 0. The molecule has 152 valence electrons. The average Bonchev–Trinajstić information content (AvgIpc) is 3.24. The lowest BCUT2D eigenvalue weighted by molar-refractivity contribution is -0.135. The van der Waals surface area contributed by atoms with Gasteiger partial charge in [0.15, 0.2) is 6.61 Å². The topological polar surface area (TPSA) is 51.1 Å². The first-order chi connectivity index (χ1) is 14.6. The molecule has 0 saturated heterocycles. The first kappa shape index (κ1) is 19.7. The molecule has 1 atom stereocenters. The van der Waals surface area contributed by atoms with E-state index in [9.17, 15) is 4.79 Å². The number of carbonyl (C=O) groups excluding carboxylic acids is 1. The zero-order chi connectivity index (χ0) is 20.9. The van der Waals surface area contributed by atoms with Crippen molar-refractivity contribution in [3.05, 3.63) is 95.6 Å². The van der Waals surface area contributed by atoms with E-state index in [1.165, 1.54) is 0 Å². The Morgan fingerprint density at radius 1 is 1.00 bits per heavy atom. The van der Waals surface area contributed by atoms with Crippen LogP contribution in [0.3, 0.4) is 0 Å². The summed E-state index contributed by atoms with van der Waals surface area (Å²) >= 11 is 0. The molecule has 0 aromatic heterocycles. The summed E-state index contributed by atoms with van der Waals surface area (Å²) in [6, 6.07) is 25.2. The van der Waals surface area contributed by atoms with Crippen molar-refractivity contribution in [2.75, 3.05) is 13.7 Å². The number of aryl methyl sites for hydroxylation is 1. The highest BCUT2D eigenvalue weighted by atomic mass is 16.5. The summed E-state index contributed by atoms with van der Waals surface area (Å²) in [6.07, 6.45) is 0.645. The highest BCUT2D eigenvalue weighted by Gasteiger charge is 2.33. The second kappa shape index (κ2) is 8.82. The Bertz CT molecular complexity index is 1050. The molecule has 1 unspecified atom stereocenters. The second-order valence-corrected chi connectivity index (χ2v) is 7.25. The standard InChI is InChI=1S/C25H24N2O3/c1-18-7-6-10-22(15-18)30-17-25(28)27-24(20-11-13-21(29-2)14-12-20)16-23(26-27)19-8-4-3-5-9-19/h3-15,24H,16-17H2,1-2H3. The van der Waals surface area contributed by atoms with Gasteiger partial charge in [0.2, 0.25) is 0 Å². The third-order valence-electron chi connectivity index (χ3n) is 5.13. The van der Waals surface area contributed by atoms with Gasteiger partial charge in [-0.05, 0) is 47.9 Å². The van der Waals surface area contributed by atoms with Gasteiger partial charge in [0.05, 0.1) is 18.9 Å². The van der Waals surface area contributed by atoms with E-state index in [0.29, 0.717) is 12.2 Å². The number of hydrogen-bond acceptors (Lipinski definition) is 4. The first-order valence-corrected chi connectivity index (χ1v) is 9.92. The van der Waals surface area contributed by atoms with Gasteiger partial charge in [-0.25, -0.2) is 5.01 Å². The molecule has 30 heavy (non-hydrogen) atoms. The van der Waals surface area contributed by atoms with Crippen LogP contribution in [0.5, 0.6) is 11.5 Å². The van der Waals surface area contributed by atoms with Crippen LogP contribution in [0.25, 0.3) is 0 Å². The molecule has 4 rings (SSSR count). The summed E-state index contributed by atoms with van der Waals surface area (Å²) in [6.45, 7) is 1.92. The third kappa shape index (κ3) is 4.35. The quantitative estimate of drug-likeness (QED) is 0.599.